The van der Waals surface area contributed by atoms with Gasteiger partial charge in [-0.05, 0) is 56.2 Å². The topological polar surface area (TPSA) is 106 Å². The highest BCUT2D eigenvalue weighted by molar-refractivity contribution is 5.77. The van der Waals surface area contributed by atoms with E-state index in [0.29, 0.717) is 31.9 Å². The van der Waals surface area contributed by atoms with Gasteiger partial charge in [0.15, 0.2) is 0 Å². The van der Waals surface area contributed by atoms with Crippen LogP contribution in [-0.2, 0) is 22.2 Å². The number of carbonyl (C=O) groups is 2. The molecule has 12 heteroatoms. The monoisotopic (exact) mass is 592 g/mol. The first-order valence-corrected chi connectivity index (χ1v) is 13.9. The molecule has 2 aromatic carbocycles. The third-order valence-electron chi connectivity index (χ3n) is 7.23. The van der Waals surface area contributed by atoms with Crippen LogP contribution in [0, 0.1) is 17.1 Å². The smallest absolute Gasteiger partial charge is 0.417 e. The average molecular weight is 593 g/mol. The van der Waals surface area contributed by atoms with Crippen LogP contribution >= 0.6 is 0 Å². The van der Waals surface area contributed by atoms with Gasteiger partial charge in [0, 0.05) is 49.9 Å². The predicted molar refractivity (Wildman–Crippen MR) is 148 cm³/mol. The molecule has 1 saturated carbocycles. The van der Waals surface area contributed by atoms with Crippen LogP contribution in [0.1, 0.15) is 55.7 Å². The number of rotatable bonds is 4. The quantitative estimate of drug-likeness (QED) is 0.392. The maximum Gasteiger partial charge on any atom is 0.417 e. The maximum atomic E-state index is 12.8. The number of nitrogens with one attached hydrogen (secondary N) is 1. The van der Waals surface area contributed by atoms with E-state index in [-0.39, 0.29) is 29.4 Å². The van der Waals surface area contributed by atoms with E-state index < -0.39 is 18.3 Å². The van der Waals surface area contributed by atoms with Gasteiger partial charge in [-0.15, -0.1) is 0 Å². The Balaban J connectivity index is 0.000000182. The third kappa shape index (κ3) is 9.62. The number of amides is 2. The number of halogens is 4. The molecule has 2 heterocycles. The first kappa shape index (κ1) is 32.7. The molecule has 8 nitrogen and oxygen atoms in total. The molecule has 2 fully saturated rings. The zero-order valence-electron chi connectivity index (χ0n) is 23.5. The lowest BCUT2D eigenvalue weighted by Gasteiger charge is -2.32. The Morgan fingerprint density at radius 3 is 2.40 bits per heavy atom. The average Bonchev–Trinajstić information content (AvgIpc) is 3.36. The molecule has 2 aromatic rings. The van der Waals surface area contributed by atoms with Gasteiger partial charge in [0.25, 0.3) is 0 Å². The zero-order valence-corrected chi connectivity index (χ0v) is 23.5. The van der Waals surface area contributed by atoms with Crippen molar-refractivity contribution in [1.82, 2.24) is 9.80 Å². The SMILES string of the molecule is CC1Cc2cc(F)ccc2O1.N#Cc1ccc(NC2CCCCC2)cc1C(F)(F)F.O=CN1CCN(C(=O)CO)CC1. The number of carbonyl (C=O) groups excluding carboxylic acids is 2. The Hall–Kier alpha value is -3.85. The summed E-state index contributed by atoms with van der Waals surface area (Å²) in [6.45, 7) is 3.72. The van der Waals surface area contributed by atoms with Gasteiger partial charge in [0.1, 0.15) is 24.3 Å². The fourth-order valence-corrected chi connectivity index (χ4v) is 5.02. The van der Waals surface area contributed by atoms with Crippen LogP contribution in [-0.4, -0.2) is 72.2 Å². The second-order valence-electron chi connectivity index (χ2n) is 10.4. The van der Waals surface area contributed by atoms with E-state index in [1.807, 2.05) is 6.92 Å². The molecule has 1 atom stereocenters. The van der Waals surface area contributed by atoms with Crippen LogP contribution in [0.5, 0.6) is 5.75 Å². The number of piperazine rings is 1. The molecule has 1 saturated heterocycles. The van der Waals surface area contributed by atoms with E-state index in [0.717, 1.165) is 55.9 Å². The maximum absolute atomic E-state index is 12.8. The summed E-state index contributed by atoms with van der Waals surface area (Å²) in [5, 5.41) is 20.4. The number of aliphatic hydroxyl groups is 1. The summed E-state index contributed by atoms with van der Waals surface area (Å²) >= 11 is 0. The highest BCUT2D eigenvalue weighted by atomic mass is 19.4. The minimum Gasteiger partial charge on any atom is -0.490 e. The largest absolute Gasteiger partial charge is 0.490 e. The molecular formula is C30H36F4N4O4. The Morgan fingerprint density at radius 2 is 1.81 bits per heavy atom. The number of ether oxygens (including phenoxy) is 1. The Kier molecular flexibility index (Phi) is 12.0. The Labute approximate surface area is 242 Å². The molecule has 5 rings (SSSR count). The molecule has 2 aliphatic heterocycles. The molecule has 2 N–H and O–H groups in total. The van der Waals surface area contributed by atoms with Crippen LogP contribution in [0.15, 0.2) is 36.4 Å². The number of benzene rings is 2. The van der Waals surface area contributed by atoms with E-state index in [1.165, 1.54) is 18.6 Å². The summed E-state index contributed by atoms with van der Waals surface area (Å²) in [4.78, 5) is 24.4. The fraction of sp³-hybridized carbons (Fsp3) is 0.500. The van der Waals surface area contributed by atoms with Gasteiger partial charge in [-0.2, -0.15) is 18.4 Å². The lowest BCUT2D eigenvalue weighted by molar-refractivity contribution is -0.138. The second kappa shape index (κ2) is 15.4. The number of hydrogen-bond donors (Lipinski definition) is 2. The highest BCUT2D eigenvalue weighted by Crippen LogP contribution is 2.34. The Bertz CT molecular complexity index is 1240. The van der Waals surface area contributed by atoms with Crippen molar-refractivity contribution in [2.45, 2.75) is 63.8 Å². The molecule has 2 amide bonds. The molecule has 42 heavy (non-hydrogen) atoms. The normalized spacial score (nSPS) is 18.3. The molecule has 0 radical (unpaired) electrons. The van der Waals surface area contributed by atoms with Crippen molar-refractivity contribution in [1.29, 1.82) is 5.26 Å². The van der Waals surface area contributed by atoms with Crippen LogP contribution < -0.4 is 10.1 Å². The van der Waals surface area contributed by atoms with Crippen LogP contribution in [0.4, 0.5) is 23.2 Å². The summed E-state index contributed by atoms with van der Waals surface area (Å²) in [5.41, 5.74) is 0.230. The summed E-state index contributed by atoms with van der Waals surface area (Å²) < 4.78 is 56.5. The molecular weight excluding hydrogens is 556 g/mol. The molecule has 1 unspecified atom stereocenters. The second-order valence-corrected chi connectivity index (χ2v) is 10.4. The van der Waals surface area contributed by atoms with Crippen molar-refractivity contribution in [2.75, 3.05) is 38.1 Å². The van der Waals surface area contributed by atoms with Gasteiger partial charge in [-0.25, -0.2) is 4.39 Å². The van der Waals surface area contributed by atoms with E-state index in [1.54, 1.807) is 34.1 Å². The van der Waals surface area contributed by atoms with Gasteiger partial charge in [0.2, 0.25) is 12.3 Å². The number of aliphatic hydroxyl groups excluding tert-OH is 1. The zero-order chi connectivity index (χ0) is 30.7. The van der Waals surface area contributed by atoms with Crippen molar-refractivity contribution >= 4 is 18.0 Å². The van der Waals surface area contributed by atoms with Crippen molar-refractivity contribution in [3.63, 3.8) is 0 Å². The van der Waals surface area contributed by atoms with Gasteiger partial charge < -0.3 is 25.0 Å². The molecule has 3 aliphatic rings. The predicted octanol–water partition coefficient (Wildman–Crippen LogP) is 4.75. The van der Waals surface area contributed by atoms with Gasteiger partial charge in [-0.1, -0.05) is 19.3 Å². The number of alkyl halides is 3. The summed E-state index contributed by atoms with van der Waals surface area (Å²) in [6.07, 6.45) is 2.71. The van der Waals surface area contributed by atoms with E-state index in [9.17, 15) is 27.2 Å². The number of fused-ring (bicyclic) bond motifs is 1. The third-order valence-corrected chi connectivity index (χ3v) is 7.23. The van der Waals surface area contributed by atoms with E-state index >= 15 is 0 Å². The number of nitrogens with zero attached hydrogens (tertiary/aromatic N) is 3. The molecule has 0 bridgehead atoms. The fourth-order valence-electron chi connectivity index (χ4n) is 5.02. The molecule has 1 aliphatic carbocycles. The van der Waals surface area contributed by atoms with Crippen molar-refractivity contribution < 1.29 is 37.0 Å². The van der Waals surface area contributed by atoms with Gasteiger partial charge >= 0.3 is 6.18 Å². The van der Waals surface area contributed by atoms with Crippen molar-refractivity contribution in [3.8, 4) is 11.8 Å². The van der Waals surface area contributed by atoms with E-state index in [4.69, 9.17) is 15.1 Å². The van der Waals surface area contributed by atoms with Crippen LogP contribution in [0.3, 0.4) is 0 Å². The van der Waals surface area contributed by atoms with E-state index in [2.05, 4.69) is 5.32 Å². The standard InChI is InChI=1S/C14H15F3N2.C9H9FO.C7H12N2O3/c15-14(16,17)13-8-12(7-6-10(13)9-18)19-11-4-2-1-3-5-11;1-6-4-7-5-8(10)2-3-9(7)11-6;10-5-7(12)9-3-1-8(6-11)2-4-9/h6-8,11,19H,1-5H2;2-3,5-6H,4H2,1H3;6,10H,1-5H2. The molecule has 228 valence electrons. The van der Waals surface area contributed by atoms with Crippen LogP contribution in [0.25, 0.3) is 0 Å². The lowest BCUT2D eigenvalue weighted by Crippen LogP contribution is -2.48. The number of nitriles is 1. The van der Waals surface area contributed by atoms with Crippen LogP contribution in [0.2, 0.25) is 0 Å². The summed E-state index contributed by atoms with van der Waals surface area (Å²) in [7, 11) is 0. The molecule has 0 spiro atoms. The summed E-state index contributed by atoms with van der Waals surface area (Å²) in [6, 6.07) is 10.3. The summed E-state index contributed by atoms with van der Waals surface area (Å²) in [5.74, 6) is 0.390. The minimum atomic E-state index is -4.49. The first-order chi connectivity index (χ1) is 20.0. The highest BCUT2D eigenvalue weighted by Gasteiger charge is 2.34. The lowest BCUT2D eigenvalue weighted by atomic mass is 9.95. The van der Waals surface area contributed by atoms with Crippen molar-refractivity contribution in [3.05, 3.63) is 58.9 Å². The molecule has 0 aromatic heterocycles. The number of hydrogen-bond acceptors (Lipinski definition) is 6. The Morgan fingerprint density at radius 1 is 1.12 bits per heavy atom. The first-order valence-electron chi connectivity index (χ1n) is 13.9. The minimum absolute atomic E-state index is 0.179. The number of anilines is 1. The van der Waals surface area contributed by atoms with Crippen molar-refractivity contribution in [2.24, 2.45) is 0 Å². The van der Waals surface area contributed by atoms with Gasteiger partial charge in [-0.3, -0.25) is 9.59 Å². The van der Waals surface area contributed by atoms with Gasteiger partial charge in [0.05, 0.1) is 17.2 Å².